The van der Waals surface area contributed by atoms with E-state index in [1.54, 1.807) is 0 Å². The topological polar surface area (TPSA) is 109 Å². The van der Waals surface area contributed by atoms with E-state index in [-0.39, 0.29) is 11.5 Å². The third kappa shape index (κ3) is 2.24. The number of rotatable bonds is 2. The number of aromatic carboxylic acids is 1. The van der Waals surface area contributed by atoms with Crippen LogP contribution in [0.4, 0.5) is 19.0 Å². The second-order valence-electron chi connectivity index (χ2n) is 3.65. The van der Waals surface area contributed by atoms with Crippen LogP contribution in [0.3, 0.4) is 0 Å². The number of nitrogens with zero attached hydrogens (tertiary/aromatic N) is 4. The number of aryl methyl sites for hydroxylation is 1. The van der Waals surface area contributed by atoms with Gasteiger partial charge in [-0.05, 0) is 6.92 Å². The Bertz CT molecular complexity index is 709. The largest absolute Gasteiger partial charge is 0.477 e. The summed E-state index contributed by atoms with van der Waals surface area (Å²) in [7, 11) is 0. The molecule has 2 N–H and O–H groups in total. The Hall–Kier alpha value is -2.72. The fraction of sp³-hybridized carbons (Fsp3) is 0.222. The van der Waals surface area contributed by atoms with Gasteiger partial charge in [0.2, 0.25) is 0 Å². The fourth-order valence-corrected chi connectivity index (χ4v) is 1.50. The Kier molecular flexibility index (Phi) is 3.04. The van der Waals surface area contributed by atoms with Crippen LogP contribution < -0.4 is 5.32 Å². The van der Waals surface area contributed by atoms with E-state index in [9.17, 15) is 22.8 Å². The summed E-state index contributed by atoms with van der Waals surface area (Å²) in [4.78, 5) is 29.5. The van der Waals surface area contributed by atoms with Crippen LogP contribution in [0.2, 0.25) is 0 Å². The normalized spacial score (nSPS) is 11.6. The minimum atomic E-state index is -5.17. The zero-order chi connectivity index (χ0) is 15.1. The standard InChI is InChI=1S/C9H6F3N5O3/c1-3-4(6(18)19)5(16-7(20)9(10,11)12)17-8(15-3)13-2-14-17/h2H,1H3,(H,16,20)(H,18,19). The van der Waals surface area contributed by atoms with Crippen molar-refractivity contribution in [1.82, 2.24) is 19.6 Å². The predicted molar refractivity (Wildman–Crippen MR) is 57.2 cm³/mol. The number of alkyl halides is 3. The number of fused-ring (bicyclic) bond motifs is 1. The van der Waals surface area contributed by atoms with Crippen LogP contribution in [0, 0.1) is 6.92 Å². The minimum Gasteiger partial charge on any atom is -0.477 e. The molecule has 2 aromatic rings. The van der Waals surface area contributed by atoms with Crippen molar-refractivity contribution in [3.05, 3.63) is 17.6 Å². The van der Waals surface area contributed by atoms with Gasteiger partial charge in [0, 0.05) is 0 Å². The number of carbonyl (C=O) groups is 2. The lowest BCUT2D eigenvalue weighted by molar-refractivity contribution is -0.167. The van der Waals surface area contributed by atoms with Gasteiger partial charge in [-0.1, -0.05) is 0 Å². The van der Waals surface area contributed by atoms with Gasteiger partial charge in [0.1, 0.15) is 11.9 Å². The van der Waals surface area contributed by atoms with Gasteiger partial charge in [-0.15, -0.1) is 0 Å². The number of amides is 1. The van der Waals surface area contributed by atoms with Gasteiger partial charge in [-0.3, -0.25) is 4.79 Å². The molecule has 2 heterocycles. The summed E-state index contributed by atoms with van der Waals surface area (Å²) in [6, 6.07) is 0. The summed E-state index contributed by atoms with van der Waals surface area (Å²) in [5.74, 6) is -4.66. The van der Waals surface area contributed by atoms with Crippen molar-refractivity contribution in [2.24, 2.45) is 0 Å². The van der Waals surface area contributed by atoms with Crippen molar-refractivity contribution < 1.29 is 27.9 Å². The molecule has 2 rings (SSSR count). The maximum Gasteiger partial charge on any atom is 0.471 e. The van der Waals surface area contributed by atoms with E-state index in [0.29, 0.717) is 4.52 Å². The quantitative estimate of drug-likeness (QED) is 0.839. The molecule has 0 saturated heterocycles. The third-order valence-electron chi connectivity index (χ3n) is 2.31. The van der Waals surface area contributed by atoms with Crippen LogP contribution in [0.5, 0.6) is 0 Å². The highest BCUT2D eigenvalue weighted by molar-refractivity contribution is 6.02. The molecule has 1 amide bonds. The fourth-order valence-electron chi connectivity index (χ4n) is 1.50. The summed E-state index contributed by atoms with van der Waals surface area (Å²) in [5.41, 5.74) is -0.698. The van der Waals surface area contributed by atoms with Crippen molar-refractivity contribution in [3.8, 4) is 0 Å². The van der Waals surface area contributed by atoms with E-state index >= 15 is 0 Å². The van der Waals surface area contributed by atoms with Crippen molar-refractivity contribution in [3.63, 3.8) is 0 Å². The summed E-state index contributed by atoms with van der Waals surface area (Å²) in [6.45, 7) is 1.27. The number of halogens is 3. The van der Waals surface area contributed by atoms with Crippen molar-refractivity contribution in [1.29, 1.82) is 0 Å². The third-order valence-corrected chi connectivity index (χ3v) is 2.31. The average Bonchev–Trinajstić information content (AvgIpc) is 2.74. The lowest BCUT2D eigenvalue weighted by Crippen LogP contribution is -2.32. The van der Waals surface area contributed by atoms with Crippen molar-refractivity contribution in [2.75, 3.05) is 5.32 Å². The number of hydrogen-bond donors (Lipinski definition) is 2. The lowest BCUT2D eigenvalue weighted by Gasteiger charge is -2.12. The first kappa shape index (κ1) is 13.7. The Morgan fingerprint density at radius 3 is 2.60 bits per heavy atom. The van der Waals surface area contributed by atoms with E-state index in [2.05, 4.69) is 15.1 Å². The number of carbonyl (C=O) groups excluding carboxylic acids is 1. The molecule has 8 nitrogen and oxygen atoms in total. The van der Waals surface area contributed by atoms with E-state index in [1.807, 2.05) is 0 Å². The minimum absolute atomic E-state index is 0.101. The second kappa shape index (κ2) is 4.43. The van der Waals surface area contributed by atoms with Crippen LogP contribution in [0.15, 0.2) is 6.33 Å². The molecule has 0 unspecified atom stereocenters. The van der Waals surface area contributed by atoms with Gasteiger partial charge >= 0.3 is 18.1 Å². The number of carboxylic acids is 1. The second-order valence-corrected chi connectivity index (χ2v) is 3.65. The Morgan fingerprint density at radius 2 is 2.05 bits per heavy atom. The monoisotopic (exact) mass is 289 g/mol. The smallest absolute Gasteiger partial charge is 0.471 e. The van der Waals surface area contributed by atoms with Crippen molar-refractivity contribution >= 4 is 23.5 Å². The molecule has 2 aromatic heterocycles. The Labute approximate surface area is 108 Å². The Morgan fingerprint density at radius 1 is 1.40 bits per heavy atom. The van der Waals surface area contributed by atoms with E-state index in [0.717, 1.165) is 6.33 Å². The molecule has 0 radical (unpaired) electrons. The van der Waals surface area contributed by atoms with Gasteiger partial charge in [0.05, 0.1) is 5.69 Å². The molecule has 0 aliphatic carbocycles. The Balaban J connectivity index is 2.65. The molecule has 0 bridgehead atoms. The number of anilines is 1. The first-order valence-corrected chi connectivity index (χ1v) is 5.03. The van der Waals surface area contributed by atoms with Crippen LogP contribution in [0.1, 0.15) is 16.1 Å². The van der Waals surface area contributed by atoms with E-state index < -0.39 is 29.4 Å². The average molecular weight is 289 g/mol. The van der Waals surface area contributed by atoms with Gasteiger partial charge in [-0.2, -0.15) is 27.8 Å². The highest BCUT2D eigenvalue weighted by Gasteiger charge is 2.40. The molecule has 106 valence electrons. The molecular weight excluding hydrogens is 283 g/mol. The summed E-state index contributed by atoms with van der Waals surface area (Å²) in [6.07, 6.45) is -4.20. The maximum absolute atomic E-state index is 12.3. The number of carboxylic acid groups (broad SMARTS) is 1. The maximum atomic E-state index is 12.3. The van der Waals surface area contributed by atoms with Crippen LogP contribution in [-0.4, -0.2) is 42.7 Å². The molecule has 20 heavy (non-hydrogen) atoms. The van der Waals surface area contributed by atoms with Crippen LogP contribution in [0.25, 0.3) is 5.78 Å². The molecule has 0 atom stereocenters. The van der Waals surface area contributed by atoms with E-state index in [1.165, 1.54) is 12.2 Å². The van der Waals surface area contributed by atoms with Gasteiger partial charge in [0.15, 0.2) is 5.82 Å². The van der Waals surface area contributed by atoms with Crippen molar-refractivity contribution in [2.45, 2.75) is 13.1 Å². The van der Waals surface area contributed by atoms with Crippen LogP contribution >= 0.6 is 0 Å². The molecule has 0 aliphatic rings. The molecule has 0 aliphatic heterocycles. The van der Waals surface area contributed by atoms with Crippen LogP contribution in [-0.2, 0) is 4.79 Å². The summed E-state index contributed by atoms with van der Waals surface area (Å²) >= 11 is 0. The number of aromatic nitrogens is 4. The highest BCUT2D eigenvalue weighted by Crippen LogP contribution is 2.22. The summed E-state index contributed by atoms with van der Waals surface area (Å²) < 4.78 is 37.5. The zero-order valence-corrected chi connectivity index (χ0v) is 9.76. The SMILES string of the molecule is Cc1nc2ncnn2c(NC(=O)C(F)(F)F)c1C(=O)O. The van der Waals surface area contributed by atoms with Gasteiger partial charge < -0.3 is 10.4 Å². The molecule has 0 spiro atoms. The number of nitrogens with one attached hydrogen (secondary N) is 1. The highest BCUT2D eigenvalue weighted by atomic mass is 19.4. The van der Waals surface area contributed by atoms with E-state index in [4.69, 9.17) is 5.11 Å². The first-order chi connectivity index (χ1) is 9.21. The zero-order valence-electron chi connectivity index (χ0n) is 9.76. The lowest BCUT2D eigenvalue weighted by atomic mass is 10.2. The van der Waals surface area contributed by atoms with Gasteiger partial charge in [-0.25, -0.2) is 9.78 Å². The molecule has 11 heteroatoms. The summed E-state index contributed by atoms with van der Waals surface area (Å²) in [5, 5.41) is 14.0. The molecule has 0 fully saturated rings. The molecule has 0 saturated carbocycles. The van der Waals surface area contributed by atoms with Gasteiger partial charge in [0.25, 0.3) is 5.78 Å². The predicted octanol–water partition coefficient (Wildman–Crippen LogP) is 0.632. The number of hydrogen-bond acceptors (Lipinski definition) is 5. The first-order valence-electron chi connectivity index (χ1n) is 5.03. The molecule has 0 aromatic carbocycles. The molecular formula is C9H6F3N5O3.